The van der Waals surface area contributed by atoms with Gasteiger partial charge in [0.05, 0.1) is 11.1 Å². The van der Waals surface area contributed by atoms with E-state index < -0.39 is 10.0 Å². The second kappa shape index (κ2) is 5.94. The molecule has 6 nitrogen and oxygen atoms in total. The van der Waals surface area contributed by atoms with Gasteiger partial charge in [-0.05, 0) is 46.1 Å². The predicted molar refractivity (Wildman–Crippen MR) is 80.7 cm³/mol. The van der Waals surface area contributed by atoms with E-state index in [1.165, 1.54) is 12.1 Å². The molecule has 0 unspecified atom stereocenters. The van der Waals surface area contributed by atoms with Gasteiger partial charge in [0.1, 0.15) is 0 Å². The molecule has 1 heterocycles. The molecule has 2 aromatic rings. The van der Waals surface area contributed by atoms with Crippen LogP contribution in [0.1, 0.15) is 5.56 Å². The fraction of sp³-hybridized carbons (Fsp3) is 0.250. The molecule has 0 saturated heterocycles. The maximum Gasteiger partial charge on any atom is 0.240 e. The number of anilines is 1. The molecule has 0 saturated carbocycles. The minimum atomic E-state index is -3.53. The van der Waals surface area contributed by atoms with Gasteiger partial charge < -0.3 is 5.73 Å². The molecular formula is C12H15BrN4O2S. The summed E-state index contributed by atoms with van der Waals surface area (Å²) in [4.78, 5) is 0.185. The fourth-order valence-electron chi connectivity index (χ4n) is 1.69. The van der Waals surface area contributed by atoms with Gasteiger partial charge in [-0.2, -0.15) is 5.10 Å². The molecular weight excluding hydrogens is 344 g/mol. The van der Waals surface area contributed by atoms with Crippen molar-refractivity contribution in [2.24, 2.45) is 7.05 Å². The largest absolute Gasteiger partial charge is 0.398 e. The lowest BCUT2D eigenvalue weighted by atomic mass is 10.3. The number of sulfonamides is 1. The number of nitrogens with zero attached hydrogens (tertiary/aromatic N) is 2. The first-order valence-corrected chi connectivity index (χ1v) is 8.18. The van der Waals surface area contributed by atoms with E-state index in [2.05, 4.69) is 25.8 Å². The summed E-state index contributed by atoms with van der Waals surface area (Å²) in [5, 5.41) is 4.03. The summed E-state index contributed by atoms with van der Waals surface area (Å²) in [7, 11) is -1.71. The highest BCUT2D eigenvalue weighted by molar-refractivity contribution is 9.10. The third kappa shape index (κ3) is 3.59. The second-order valence-electron chi connectivity index (χ2n) is 4.35. The SMILES string of the molecule is Cn1cc(CCNS(=O)(=O)c2ccc(N)c(Br)c2)cn1. The van der Waals surface area contributed by atoms with Gasteiger partial charge in [-0.3, -0.25) is 4.68 Å². The third-order valence-corrected chi connectivity index (χ3v) is 4.89. The molecule has 3 N–H and O–H groups in total. The van der Waals surface area contributed by atoms with E-state index in [0.29, 0.717) is 23.1 Å². The Morgan fingerprint density at radius 2 is 2.20 bits per heavy atom. The zero-order valence-corrected chi connectivity index (χ0v) is 13.3. The summed E-state index contributed by atoms with van der Waals surface area (Å²) >= 11 is 3.22. The molecule has 0 bridgehead atoms. The third-order valence-electron chi connectivity index (χ3n) is 2.75. The summed E-state index contributed by atoms with van der Waals surface area (Å²) < 4.78 is 29.0. The smallest absolute Gasteiger partial charge is 0.240 e. The topological polar surface area (TPSA) is 90.0 Å². The first kappa shape index (κ1) is 15.0. The number of nitrogen functional groups attached to an aromatic ring is 1. The Morgan fingerprint density at radius 3 is 2.80 bits per heavy atom. The molecule has 0 radical (unpaired) electrons. The average Bonchev–Trinajstić information content (AvgIpc) is 2.78. The molecule has 8 heteroatoms. The van der Waals surface area contributed by atoms with Crippen molar-refractivity contribution < 1.29 is 8.42 Å². The van der Waals surface area contributed by atoms with Crippen molar-refractivity contribution in [1.82, 2.24) is 14.5 Å². The number of benzene rings is 1. The highest BCUT2D eigenvalue weighted by Crippen LogP contribution is 2.22. The predicted octanol–water partition coefficient (Wildman–Crippen LogP) is 1.29. The highest BCUT2D eigenvalue weighted by atomic mass is 79.9. The Balaban J connectivity index is 2.02. The van der Waals surface area contributed by atoms with Crippen molar-refractivity contribution in [1.29, 1.82) is 0 Å². The van der Waals surface area contributed by atoms with Crippen LogP contribution in [0.2, 0.25) is 0 Å². The van der Waals surface area contributed by atoms with E-state index in [-0.39, 0.29) is 4.90 Å². The fourth-order valence-corrected chi connectivity index (χ4v) is 3.28. The number of halogens is 1. The van der Waals surface area contributed by atoms with Crippen molar-refractivity contribution in [2.75, 3.05) is 12.3 Å². The summed E-state index contributed by atoms with van der Waals surface area (Å²) in [6.45, 7) is 0.315. The zero-order valence-electron chi connectivity index (χ0n) is 10.9. The van der Waals surface area contributed by atoms with Gasteiger partial charge in [0.2, 0.25) is 10.0 Å². The lowest BCUT2D eigenvalue weighted by Gasteiger charge is -2.07. The molecule has 0 aliphatic rings. The van der Waals surface area contributed by atoms with E-state index in [1.807, 2.05) is 13.2 Å². The molecule has 2 rings (SSSR count). The molecule has 1 aromatic heterocycles. The summed E-state index contributed by atoms with van der Waals surface area (Å²) in [5.41, 5.74) is 7.12. The van der Waals surface area contributed by atoms with E-state index in [1.54, 1.807) is 16.9 Å². The normalized spacial score (nSPS) is 11.7. The summed E-state index contributed by atoms with van der Waals surface area (Å²) in [6.07, 6.45) is 4.16. The standard InChI is InChI=1S/C12H15BrN4O2S/c1-17-8-9(7-15-17)4-5-16-20(18,19)10-2-3-12(14)11(13)6-10/h2-3,6-8,16H,4-5,14H2,1H3. The van der Waals surface area contributed by atoms with Crippen LogP contribution in [0.5, 0.6) is 0 Å². The average molecular weight is 359 g/mol. The number of rotatable bonds is 5. The van der Waals surface area contributed by atoms with Crippen LogP contribution in [0.3, 0.4) is 0 Å². The van der Waals surface area contributed by atoms with Crippen molar-refractivity contribution in [3.63, 3.8) is 0 Å². The maximum absolute atomic E-state index is 12.1. The van der Waals surface area contributed by atoms with Crippen molar-refractivity contribution in [2.45, 2.75) is 11.3 Å². The Kier molecular flexibility index (Phi) is 4.46. The molecule has 0 atom stereocenters. The molecule has 0 aliphatic carbocycles. The van der Waals surface area contributed by atoms with Crippen LogP contribution in [0.4, 0.5) is 5.69 Å². The molecule has 0 spiro atoms. The van der Waals surface area contributed by atoms with E-state index in [9.17, 15) is 8.42 Å². The Hall–Kier alpha value is -1.38. The zero-order chi connectivity index (χ0) is 14.8. The minimum Gasteiger partial charge on any atom is -0.398 e. The Labute approximate surface area is 126 Å². The monoisotopic (exact) mass is 358 g/mol. The van der Waals surface area contributed by atoms with Crippen LogP contribution in [0, 0.1) is 0 Å². The Bertz CT molecular complexity index is 712. The lowest BCUT2D eigenvalue weighted by molar-refractivity contribution is 0.581. The minimum absolute atomic E-state index is 0.185. The Morgan fingerprint density at radius 1 is 1.45 bits per heavy atom. The van der Waals surface area contributed by atoms with Gasteiger partial charge in [0.15, 0.2) is 0 Å². The van der Waals surface area contributed by atoms with E-state index in [0.717, 1.165) is 5.56 Å². The van der Waals surface area contributed by atoms with Gasteiger partial charge in [0, 0.05) is 29.9 Å². The van der Waals surface area contributed by atoms with E-state index >= 15 is 0 Å². The lowest BCUT2D eigenvalue weighted by Crippen LogP contribution is -2.26. The highest BCUT2D eigenvalue weighted by Gasteiger charge is 2.14. The van der Waals surface area contributed by atoms with Crippen LogP contribution in [0.25, 0.3) is 0 Å². The number of aromatic nitrogens is 2. The molecule has 0 aliphatic heterocycles. The number of hydrogen-bond acceptors (Lipinski definition) is 4. The summed E-state index contributed by atoms with van der Waals surface area (Å²) in [5.74, 6) is 0. The number of hydrogen-bond donors (Lipinski definition) is 2. The quantitative estimate of drug-likeness (QED) is 0.787. The van der Waals surface area contributed by atoms with Crippen LogP contribution < -0.4 is 10.5 Å². The van der Waals surface area contributed by atoms with Gasteiger partial charge in [-0.15, -0.1) is 0 Å². The van der Waals surface area contributed by atoms with Gasteiger partial charge in [0.25, 0.3) is 0 Å². The number of nitrogens with two attached hydrogens (primary N) is 1. The number of aryl methyl sites for hydroxylation is 1. The molecule has 20 heavy (non-hydrogen) atoms. The van der Waals surface area contributed by atoms with Crippen LogP contribution in [-0.2, 0) is 23.5 Å². The van der Waals surface area contributed by atoms with Crippen LogP contribution >= 0.6 is 15.9 Å². The summed E-state index contributed by atoms with van der Waals surface area (Å²) in [6, 6.07) is 4.52. The maximum atomic E-state index is 12.1. The van der Waals surface area contributed by atoms with Crippen molar-refractivity contribution in [3.8, 4) is 0 Å². The van der Waals surface area contributed by atoms with Gasteiger partial charge in [-0.25, -0.2) is 13.1 Å². The molecule has 0 fully saturated rings. The second-order valence-corrected chi connectivity index (χ2v) is 6.97. The van der Waals surface area contributed by atoms with E-state index in [4.69, 9.17) is 5.73 Å². The van der Waals surface area contributed by atoms with Gasteiger partial charge >= 0.3 is 0 Å². The van der Waals surface area contributed by atoms with Gasteiger partial charge in [-0.1, -0.05) is 0 Å². The van der Waals surface area contributed by atoms with Crippen LogP contribution in [-0.4, -0.2) is 24.7 Å². The molecule has 108 valence electrons. The molecule has 1 aromatic carbocycles. The number of nitrogens with one attached hydrogen (secondary N) is 1. The molecule has 0 amide bonds. The first-order valence-electron chi connectivity index (χ1n) is 5.91. The van der Waals surface area contributed by atoms with Crippen molar-refractivity contribution >= 4 is 31.6 Å². The first-order chi connectivity index (χ1) is 9.38. The van der Waals surface area contributed by atoms with Crippen LogP contribution in [0.15, 0.2) is 40.0 Å². The van der Waals surface area contributed by atoms with Crippen molar-refractivity contribution in [3.05, 3.63) is 40.6 Å².